The third kappa shape index (κ3) is 1.98. The van der Waals surface area contributed by atoms with E-state index in [1.807, 2.05) is 0 Å². The smallest absolute Gasteiger partial charge is 0.263 e. The first-order valence-corrected chi connectivity index (χ1v) is 4.31. The van der Waals surface area contributed by atoms with Crippen molar-refractivity contribution in [2.24, 2.45) is 0 Å². The van der Waals surface area contributed by atoms with E-state index in [0.717, 1.165) is 0 Å². The Labute approximate surface area is 105 Å². The van der Waals surface area contributed by atoms with Crippen LogP contribution in [-0.4, -0.2) is 30.7 Å². The molecule has 1 aliphatic rings. The van der Waals surface area contributed by atoms with Crippen molar-refractivity contribution in [2.45, 2.75) is 6.04 Å². The Hall–Kier alpha value is -3.52. The van der Waals surface area contributed by atoms with Gasteiger partial charge < -0.3 is 0 Å². The number of nitro groups is 5. The molecule has 0 aromatic rings. The summed E-state index contributed by atoms with van der Waals surface area (Å²) < 4.78 is 0. The van der Waals surface area contributed by atoms with E-state index >= 15 is 0 Å². The van der Waals surface area contributed by atoms with E-state index in [4.69, 9.17) is 0 Å². The first kappa shape index (κ1) is 14.5. The van der Waals surface area contributed by atoms with E-state index in [2.05, 4.69) is 0 Å². The van der Waals surface area contributed by atoms with E-state index in [-0.39, 0.29) is 0 Å². The second kappa shape index (κ2) is 4.63. The van der Waals surface area contributed by atoms with Gasteiger partial charge in [-0.2, -0.15) is 0 Å². The molecule has 1 rings (SSSR count). The lowest BCUT2D eigenvalue weighted by molar-refractivity contribution is -0.580. The van der Waals surface area contributed by atoms with Gasteiger partial charge in [-0.25, -0.2) is 0 Å². The zero-order valence-corrected chi connectivity index (χ0v) is 8.90. The molecule has 0 spiro atoms. The van der Waals surface area contributed by atoms with Crippen LogP contribution >= 0.6 is 0 Å². The highest BCUT2D eigenvalue weighted by Crippen LogP contribution is 2.35. The maximum atomic E-state index is 10.7. The van der Waals surface area contributed by atoms with Gasteiger partial charge >= 0.3 is 28.8 Å². The quantitative estimate of drug-likeness (QED) is 0.452. The second-order valence-corrected chi connectivity index (χ2v) is 3.18. The van der Waals surface area contributed by atoms with Crippen LogP contribution in [0.25, 0.3) is 0 Å². The van der Waals surface area contributed by atoms with Crippen LogP contribution in [0.3, 0.4) is 0 Å². The fraction of sp³-hybridized carbons (Fsp3) is 0.200. The lowest BCUT2D eigenvalue weighted by atomic mass is 10.2. The molecule has 0 radical (unpaired) electrons. The summed E-state index contributed by atoms with van der Waals surface area (Å²) in [5.41, 5.74) is -7.38. The van der Waals surface area contributed by atoms with Crippen molar-refractivity contribution in [3.8, 4) is 0 Å². The highest BCUT2D eigenvalue weighted by molar-refractivity contribution is 5.38. The molecular weight excluding hydrogens is 290 g/mol. The monoisotopic (exact) mass is 291 g/mol. The third-order valence-corrected chi connectivity index (χ3v) is 2.20. The zero-order chi connectivity index (χ0) is 15.8. The molecule has 0 bridgehead atoms. The van der Waals surface area contributed by atoms with Gasteiger partial charge in [-0.15, -0.1) is 0 Å². The highest BCUT2D eigenvalue weighted by Gasteiger charge is 2.68. The molecule has 0 amide bonds. The van der Waals surface area contributed by atoms with Crippen LogP contribution in [0.5, 0.6) is 0 Å². The zero-order valence-electron chi connectivity index (χ0n) is 8.90. The number of hydrogen-bond donors (Lipinski definition) is 0. The van der Waals surface area contributed by atoms with Gasteiger partial charge in [0, 0.05) is 4.92 Å². The van der Waals surface area contributed by atoms with Crippen molar-refractivity contribution in [1.82, 2.24) is 0 Å². The molecule has 106 valence electrons. The Kier molecular flexibility index (Phi) is 3.37. The molecule has 0 aromatic heterocycles. The summed E-state index contributed by atoms with van der Waals surface area (Å²) in [5, 5.41) is 53.2. The molecule has 0 heterocycles. The maximum absolute atomic E-state index is 10.7. The minimum absolute atomic E-state index is 1.57. The number of nitrogens with zero attached hydrogens (tertiary/aromatic N) is 5. The van der Waals surface area contributed by atoms with Crippen molar-refractivity contribution in [3.05, 3.63) is 73.4 Å². The lowest BCUT2D eigenvalue weighted by Crippen LogP contribution is -2.30. The standard InChI is InChI=1S/C5HN5O10/c11-6(12)1-2(7(13)14)4(9(17)18)5(10(19)20)3(1)8(15)16/h1H. The Bertz CT molecular complexity index is 582. The molecule has 0 fully saturated rings. The molecule has 0 saturated heterocycles. The predicted octanol–water partition coefficient (Wildman–Crippen LogP) is -0.825. The van der Waals surface area contributed by atoms with Crippen LogP contribution in [0.2, 0.25) is 0 Å². The molecule has 20 heavy (non-hydrogen) atoms. The summed E-state index contributed by atoms with van der Waals surface area (Å²) in [4.78, 5) is 45.1. The van der Waals surface area contributed by atoms with Crippen molar-refractivity contribution in [3.63, 3.8) is 0 Å². The summed E-state index contributed by atoms with van der Waals surface area (Å²) in [5.74, 6) is 0. The van der Waals surface area contributed by atoms with Crippen LogP contribution in [0.4, 0.5) is 0 Å². The molecule has 15 nitrogen and oxygen atoms in total. The van der Waals surface area contributed by atoms with Gasteiger partial charge in [0.2, 0.25) is 0 Å². The summed E-state index contributed by atoms with van der Waals surface area (Å²) in [7, 11) is 0. The van der Waals surface area contributed by atoms with E-state index in [0.29, 0.717) is 0 Å². The Morgan fingerprint density at radius 1 is 0.600 bits per heavy atom. The first-order chi connectivity index (χ1) is 9.11. The summed E-state index contributed by atoms with van der Waals surface area (Å²) >= 11 is 0. The molecule has 1 aliphatic carbocycles. The SMILES string of the molecule is O=[N+]([O-])C1=C([N+](=O)[O-])C([N+](=O)[O-])C([N+](=O)[O-])=C1[N+](=O)[O-]. The highest BCUT2D eigenvalue weighted by atomic mass is 16.7. The van der Waals surface area contributed by atoms with Gasteiger partial charge in [0.1, 0.15) is 0 Å². The lowest BCUT2D eigenvalue weighted by Gasteiger charge is -1.97. The molecule has 0 aromatic carbocycles. The molecule has 0 atom stereocenters. The van der Waals surface area contributed by atoms with Gasteiger partial charge in [-0.05, 0) is 0 Å². The third-order valence-electron chi connectivity index (χ3n) is 2.20. The van der Waals surface area contributed by atoms with Crippen molar-refractivity contribution in [2.75, 3.05) is 0 Å². The summed E-state index contributed by atoms with van der Waals surface area (Å²) in [6, 6.07) is -2.89. The number of rotatable bonds is 5. The minimum Gasteiger partial charge on any atom is -0.263 e. The van der Waals surface area contributed by atoms with Crippen molar-refractivity contribution < 1.29 is 24.6 Å². The van der Waals surface area contributed by atoms with Gasteiger partial charge in [0.15, 0.2) is 0 Å². The van der Waals surface area contributed by atoms with E-state index in [9.17, 15) is 50.6 Å². The van der Waals surface area contributed by atoms with Gasteiger partial charge in [0.25, 0.3) is 0 Å². The summed E-state index contributed by atoms with van der Waals surface area (Å²) in [6.45, 7) is 0. The van der Waals surface area contributed by atoms with Crippen LogP contribution in [0.1, 0.15) is 0 Å². The maximum Gasteiger partial charge on any atom is 0.433 e. The largest absolute Gasteiger partial charge is 0.433 e. The van der Waals surface area contributed by atoms with E-state index in [1.165, 1.54) is 0 Å². The van der Waals surface area contributed by atoms with Crippen LogP contribution in [0.15, 0.2) is 22.8 Å². The van der Waals surface area contributed by atoms with Crippen molar-refractivity contribution >= 4 is 0 Å². The van der Waals surface area contributed by atoms with Crippen molar-refractivity contribution in [1.29, 1.82) is 0 Å². The molecule has 0 N–H and O–H groups in total. The van der Waals surface area contributed by atoms with Crippen LogP contribution in [0, 0.1) is 50.6 Å². The van der Waals surface area contributed by atoms with E-state index in [1.54, 1.807) is 0 Å². The van der Waals surface area contributed by atoms with Gasteiger partial charge in [0.05, 0.1) is 19.7 Å². The molecule has 15 heteroatoms. The first-order valence-electron chi connectivity index (χ1n) is 4.31. The Morgan fingerprint density at radius 2 is 0.900 bits per heavy atom. The minimum atomic E-state index is -2.89. The Balaban J connectivity index is 3.85. The number of hydrogen-bond acceptors (Lipinski definition) is 10. The fourth-order valence-corrected chi connectivity index (χ4v) is 1.56. The summed E-state index contributed by atoms with van der Waals surface area (Å²) in [6.07, 6.45) is 0. The van der Waals surface area contributed by atoms with E-state index < -0.39 is 53.4 Å². The molecule has 0 unspecified atom stereocenters. The van der Waals surface area contributed by atoms with Crippen LogP contribution < -0.4 is 0 Å². The Morgan fingerprint density at radius 3 is 1.05 bits per heavy atom. The van der Waals surface area contributed by atoms with Crippen LogP contribution in [-0.2, 0) is 0 Å². The molecular formula is C5HN5O10. The molecule has 0 saturated carbocycles. The predicted molar refractivity (Wildman–Crippen MR) is 52.8 cm³/mol. The van der Waals surface area contributed by atoms with Gasteiger partial charge in [-0.3, -0.25) is 50.6 Å². The fourth-order valence-electron chi connectivity index (χ4n) is 1.56. The van der Waals surface area contributed by atoms with Gasteiger partial charge in [-0.1, -0.05) is 0 Å². The average molecular weight is 291 g/mol. The molecule has 0 aliphatic heterocycles. The second-order valence-electron chi connectivity index (χ2n) is 3.18. The normalized spacial score (nSPS) is 15.4. The average Bonchev–Trinajstić information content (AvgIpc) is 2.64. The topological polar surface area (TPSA) is 216 Å².